The van der Waals surface area contributed by atoms with Gasteiger partial charge in [0.25, 0.3) is 0 Å². The molecule has 110 valence electrons. The zero-order chi connectivity index (χ0) is 14.9. The summed E-state index contributed by atoms with van der Waals surface area (Å²) in [5, 5.41) is 8.87. The van der Waals surface area contributed by atoms with Crippen LogP contribution in [0.15, 0.2) is 23.1 Å². The number of hydrogen-bond donors (Lipinski definition) is 1. The molecule has 0 saturated heterocycles. The molecule has 0 aromatic heterocycles. The SMILES string of the molecule is CCCN(C1CC1)S(=O)(=O)c1ccc(F)c(C(=O)O)c1. The van der Waals surface area contributed by atoms with E-state index in [0.29, 0.717) is 13.0 Å². The molecule has 0 atom stereocenters. The second-order valence-corrected chi connectivity index (χ2v) is 6.68. The van der Waals surface area contributed by atoms with E-state index < -0.39 is 27.4 Å². The van der Waals surface area contributed by atoms with E-state index in [-0.39, 0.29) is 10.9 Å². The molecule has 1 aliphatic rings. The number of benzene rings is 1. The predicted molar refractivity (Wildman–Crippen MR) is 70.6 cm³/mol. The first-order valence-electron chi connectivity index (χ1n) is 6.42. The van der Waals surface area contributed by atoms with Gasteiger partial charge in [0.05, 0.1) is 10.5 Å². The summed E-state index contributed by atoms with van der Waals surface area (Å²) >= 11 is 0. The Balaban J connectivity index is 2.42. The molecule has 1 saturated carbocycles. The molecule has 7 heteroatoms. The summed E-state index contributed by atoms with van der Waals surface area (Å²) < 4.78 is 39.7. The number of carbonyl (C=O) groups is 1. The van der Waals surface area contributed by atoms with Crippen molar-refractivity contribution in [1.82, 2.24) is 4.31 Å². The summed E-state index contributed by atoms with van der Waals surface area (Å²) in [7, 11) is -3.77. The highest BCUT2D eigenvalue weighted by Crippen LogP contribution is 2.32. The van der Waals surface area contributed by atoms with Gasteiger partial charge in [-0.15, -0.1) is 0 Å². The molecule has 1 aromatic rings. The van der Waals surface area contributed by atoms with E-state index in [2.05, 4.69) is 0 Å². The van der Waals surface area contributed by atoms with Crippen molar-refractivity contribution >= 4 is 16.0 Å². The summed E-state index contributed by atoms with van der Waals surface area (Å²) in [6.07, 6.45) is 2.29. The van der Waals surface area contributed by atoms with Crippen LogP contribution < -0.4 is 0 Å². The molecule has 5 nitrogen and oxygen atoms in total. The first-order valence-corrected chi connectivity index (χ1v) is 7.86. The molecular formula is C13H16FNO4S. The monoisotopic (exact) mass is 301 g/mol. The van der Waals surface area contributed by atoms with E-state index in [1.807, 2.05) is 6.92 Å². The number of carboxylic acid groups (broad SMARTS) is 1. The number of hydrogen-bond acceptors (Lipinski definition) is 3. The van der Waals surface area contributed by atoms with Gasteiger partial charge in [0.1, 0.15) is 5.82 Å². The van der Waals surface area contributed by atoms with E-state index in [1.54, 1.807) is 0 Å². The number of nitrogens with zero attached hydrogens (tertiary/aromatic N) is 1. The van der Waals surface area contributed by atoms with E-state index in [9.17, 15) is 17.6 Å². The van der Waals surface area contributed by atoms with E-state index in [4.69, 9.17) is 5.11 Å². The van der Waals surface area contributed by atoms with Crippen LogP contribution in [0.25, 0.3) is 0 Å². The van der Waals surface area contributed by atoms with Gasteiger partial charge in [0.2, 0.25) is 10.0 Å². The van der Waals surface area contributed by atoms with Crippen molar-refractivity contribution in [2.75, 3.05) is 6.54 Å². The molecule has 0 bridgehead atoms. The minimum atomic E-state index is -3.77. The van der Waals surface area contributed by atoms with Gasteiger partial charge in [-0.3, -0.25) is 0 Å². The molecule has 1 N–H and O–H groups in total. The Morgan fingerprint density at radius 1 is 1.45 bits per heavy atom. The fraction of sp³-hybridized carbons (Fsp3) is 0.462. The van der Waals surface area contributed by atoms with Crippen molar-refractivity contribution in [2.45, 2.75) is 37.1 Å². The Labute approximate surface area is 117 Å². The molecule has 1 aliphatic carbocycles. The Morgan fingerprint density at radius 2 is 2.10 bits per heavy atom. The Hall–Kier alpha value is -1.47. The fourth-order valence-electron chi connectivity index (χ4n) is 2.05. The molecule has 20 heavy (non-hydrogen) atoms. The minimum absolute atomic E-state index is 0.0155. The van der Waals surface area contributed by atoms with Crippen LogP contribution in [0, 0.1) is 5.82 Å². The summed E-state index contributed by atoms with van der Waals surface area (Å²) in [6.45, 7) is 2.25. The third-order valence-electron chi connectivity index (χ3n) is 3.17. The highest BCUT2D eigenvalue weighted by molar-refractivity contribution is 7.89. The molecule has 0 spiro atoms. The van der Waals surface area contributed by atoms with Crippen molar-refractivity contribution < 1.29 is 22.7 Å². The number of rotatable bonds is 6. The first-order chi connectivity index (χ1) is 9.37. The molecule has 2 rings (SSSR count). The topological polar surface area (TPSA) is 74.7 Å². The molecule has 0 radical (unpaired) electrons. The van der Waals surface area contributed by atoms with Crippen LogP contribution in [0.4, 0.5) is 4.39 Å². The van der Waals surface area contributed by atoms with Crippen LogP contribution >= 0.6 is 0 Å². The molecular weight excluding hydrogens is 285 g/mol. The van der Waals surface area contributed by atoms with Gasteiger partial charge in [0, 0.05) is 12.6 Å². The van der Waals surface area contributed by atoms with E-state index >= 15 is 0 Å². The highest BCUT2D eigenvalue weighted by atomic mass is 32.2. The maximum Gasteiger partial charge on any atom is 0.338 e. The van der Waals surface area contributed by atoms with Gasteiger partial charge >= 0.3 is 5.97 Å². The van der Waals surface area contributed by atoms with Crippen molar-refractivity contribution in [3.05, 3.63) is 29.6 Å². The molecule has 0 aliphatic heterocycles. The second-order valence-electron chi connectivity index (χ2n) is 4.79. The third-order valence-corrected chi connectivity index (χ3v) is 5.12. The highest BCUT2D eigenvalue weighted by Gasteiger charge is 2.37. The largest absolute Gasteiger partial charge is 0.478 e. The summed E-state index contributed by atoms with van der Waals surface area (Å²) in [4.78, 5) is 10.7. The molecule has 0 amide bonds. The van der Waals surface area contributed by atoms with Gasteiger partial charge < -0.3 is 5.11 Å². The van der Waals surface area contributed by atoms with Gasteiger partial charge in [-0.1, -0.05) is 6.92 Å². The van der Waals surface area contributed by atoms with Crippen molar-refractivity contribution in [3.63, 3.8) is 0 Å². The molecule has 0 unspecified atom stereocenters. The van der Waals surface area contributed by atoms with Gasteiger partial charge in [-0.2, -0.15) is 4.31 Å². The average Bonchev–Trinajstić information content (AvgIpc) is 3.19. The standard InChI is InChI=1S/C13H16FNO4S/c1-2-7-15(9-3-4-9)20(18,19)10-5-6-12(14)11(8-10)13(16)17/h5-6,8-9H,2-4,7H2,1H3,(H,16,17). The number of halogens is 1. The lowest BCUT2D eigenvalue weighted by Crippen LogP contribution is -2.34. The number of sulfonamides is 1. The van der Waals surface area contributed by atoms with Crippen LogP contribution in [-0.4, -0.2) is 36.4 Å². The maximum absolute atomic E-state index is 13.3. The normalized spacial score (nSPS) is 15.6. The average molecular weight is 301 g/mol. The second kappa shape index (κ2) is 5.49. The number of carboxylic acids is 1. The van der Waals surface area contributed by atoms with Crippen LogP contribution in [0.2, 0.25) is 0 Å². The van der Waals surface area contributed by atoms with E-state index in [0.717, 1.165) is 31.0 Å². The molecule has 0 heterocycles. The third kappa shape index (κ3) is 2.83. The van der Waals surface area contributed by atoms with Gasteiger partial charge in [-0.25, -0.2) is 17.6 Å². The molecule has 1 aromatic carbocycles. The van der Waals surface area contributed by atoms with Crippen molar-refractivity contribution in [1.29, 1.82) is 0 Å². The zero-order valence-electron chi connectivity index (χ0n) is 11.0. The van der Waals surface area contributed by atoms with Crippen LogP contribution in [0.5, 0.6) is 0 Å². The zero-order valence-corrected chi connectivity index (χ0v) is 11.9. The van der Waals surface area contributed by atoms with Crippen LogP contribution in [0.3, 0.4) is 0 Å². The van der Waals surface area contributed by atoms with Gasteiger partial charge in [-0.05, 0) is 37.5 Å². The molecule has 1 fully saturated rings. The first kappa shape index (κ1) is 14.9. The van der Waals surface area contributed by atoms with Crippen LogP contribution in [-0.2, 0) is 10.0 Å². The van der Waals surface area contributed by atoms with Crippen molar-refractivity contribution in [2.24, 2.45) is 0 Å². The fourth-order valence-corrected chi connectivity index (χ4v) is 3.85. The summed E-state index contributed by atoms with van der Waals surface area (Å²) in [5.74, 6) is -2.42. The summed E-state index contributed by atoms with van der Waals surface area (Å²) in [6, 6.07) is 2.87. The quantitative estimate of drug-likeness (QED) is 0.873. The van der Waals surface area contributed by atoms with Crippen LogP contribution in [0.1, 0.15) is 36.5 Å². The Morgan fingerprint density at radius 3 is 2.60 bits per heavy atom. The Kier molecular flexibility index (Phi) is 4.10. The van der Waals surface area contributed by atoms with Gasteiger partial charge in [0.15, 0.2) is 0 Å². The smallest absolute Gasteiger partial charge is 0.338 e. The van der Waals surface area contributed by atoms with E-state index in [1.165, 1.54) is 4.31 Å². The summed E-state index contributed by atoms with van der Waals surface area (Å²) in [5.41, 5.74) is -0.627. The Bertz CT molecular complexity index is 625. The maximum atomic E-state index is 13.3. The number of aromatic carboxylic acids is 1. The predicted octanol–water partition coefficient (Wildman–Crippen LogP) is 2.09. The lowest BCUT2D eigenvalue weighted by Gasteiger charge is -2.21. The lowest BCUT2D eigenvalue weighted by atomic mass is 10.2. The minimum Gasteiger partial charge on any atom is -0.478 e. The lowest BCUT2D eigenvalue weighted by molar-refractivity contribution is 0.0691. The van der Waals surface area contributed by atoms with Crippen molar-refractivity contribution in [3.8, 4) is 0 Å².